The number of ether oxygens (including phenoxy) is 1. The van der Waals surface area contributed by atoms with Crippen molar-refractivity contribution in [3.8, 4) is 0 Å². The van der Waals surface area contributed by atoms with Crippen LogP contribution >= 0.6 is 0 Å². The Morgan fingerprint density at radius 3 is 2.30 bits per heavy atom. The van der Waals surface area contributed by atoms with E-state index in [1.54, 1.807) is 7.11 Å². The van der Waals surface area contributed by atoms with Gasteiger partial charge in [-0.15, -0.1) is 0 Å². The summed E-state index contributed by atoms with van der Waals surface area (Å²) in [6.45, 7) is 3.02. The van der Waals surface area contributed by atoms with Crippen LogP contribution in [0, 0.1) is 5.92 Å². The molecule has 0 aliphatic heterocycles. The summed E-state index contributed by atoms with van der Waals surface area (Å²) in [6, 6.07) is 9.09. The summed E-state index contributed by atoms with van der Waals surface area (Å²) in [5, 5.41) is 0. The largest absolute Gasteiger partial charge is 0.380 e. The average Bonchev–Trinajstić information content (AvgIpc) is 2.49. The molecule has 0 amide bonds. The Morgan fingerprint density at radius 2 is 1.70 bits per heavy atom. The zero-order valence-corrected chi connectivity index (χ0v) is 13.2. The molecule has 1 heteroatoms. The highest BCUT2D eigenvalue weighted by Crippen LogP contribution is 2.37. The molecule has 1 aliphatic rings. The van der Waals surface area contributed by atoms with Gasteiger partial charge >= 0.3 is 0 Å². The first-order valence-corrected chi connectivity index (χ1v) is 8.41. The molecule has 0 unspecified atom stereocenters. The van der Waals surface area contributed by atoms with Gasteiger partial charge in [0.2, 0.25) is 0 Å². The maximum absolute atomic E-state index is 5.17. The van der Waals surface area contributed by atoms with Crippen molar-refractivity contribution in [2.24, 2.45) is 5.92 Å². The van der Waals surface area contributed by atoms with Gasteiger partial charge in [-0.3, -0.25) is 0 Å². The molecule has 0 bridgehead atoms. The van der Waals surface area contributed by atoms with Crippen molar-refractivity contribution in [2.45, 2.75) is 70.8 Å². The molecular weight excluding hydrogens is 244 g/mol. The van der Waals surface area contributed by atoms with Crippen molar-refractivity contribution in [1.29, 1.82) is 0 Å². The van der Waals surface area contributed by atoms with Gasteiger partial charge in [-0.1, -0.05) is 56.9 Å². The molecule has 0 saturated heterocycles. The fourth-order valence-corrected chi connectivity index (χ4v) is 3.52. The van der Waals surface area contributed by atoms with Gasteiger partial charge in [-0.05, 0) is 48.6 Å². The van der Waals surface area contributed by atoms with E-state index in [-0.39, 0.29) is 0 Å². The zero-order chi connectivity index (χ0) is 14.2. The van der Waals surface area contributed by atoms with Gasteiger partial charge in [0.25, 0.3) is 0 Å². The van der Waals surface area contributed by atoms with E-state index in [0.29, 0.717) is 0 Å². The molecule has 0 N–H and O–H groups in total. The SMILES string of the molecule is CCCCCC1CCC(c2ccc(COC)cc2)CC1. The smallest absolute Gasteiger partial charge is 0.0713 e. The highest BCUT2D eigenvalue weighted by Gasteiger charge is 2.21. The van der Waals surface area contributed by atoms with Gasteiger partial charge in [0.1, 0.15) is 0 Å². The van der Waals surface area contributed by atoms with Crippen LogP contribution in [0.5, 0.6) is 0 Å². The number of hydrogen-bond donors (Lipinski definition) is 0. The molecule has 1 aromatic carbocycles. The van der Waals surface area contributed by atoms with Crippen molar-refractivity contribution >= 4 is 0 Å². The van der Waals surface area contributed by atoms with E-state index in [2.05, 4.69) is 31.2 Å². The standard InChI is InChI=1S/C19H30O/c1-3-4-5-6-16-7-11-18(12-8-16)19-13-9-17(10-14-19)15-20-2/h9-10,13-14,16,18H,3-8,11-12,15H2,1-2H3. The number of benzene rings is 1. The molecule has 1 saturated carbocycles. The van der Waals surface area contributed by atoms with Crippen LogP contribution in [0.2, 0.25) is 0 Å². The molecule has 1 fully saturated rings. The van der Waals surface area contributed by atoms with E-state index >= 15 is 0 Å². The molecule has 2 rings (SSSR count). The van der Waals surface area contributed by atoms with E-state index in [4.69, 9.17) is 4.74 Å². The molecule has 1 aliphatic carbocycles. The Hall–Kier alpha value is -0.820. The molecule has 0 spiro atoms. The van der Waals surface area contributed by atoms with E-state index < -0.39 is 0 Å². The fourth-order valence-electron chi connectivity index (χ4n) is 3.52. The highest BCUT2D eigenvalue weighted by molar-refractivity contribution is 5.25. The molecule has 0 atom stereocenters. The van der Waals surface area contributed by atoms with E-state index in [9.17, 15) is 0 Å². The average molecular weight is 274 g/mol. The van der Waals surface area contributed by atoms with Gasteiger partial charge in [0, 0.05) is 7.11 Å². The number of rotatable bonds is 7. The lowest BCUT2D eigenvalue weighted by Gasteiger charge is -2.29. The van der Waals surface area contributed by atoms with E-state index in [0.717, 1.165) is 18.4 Å². The first-order chi connectivity index (χ1) is 9.83. The summed E-state index contributed by atoms with van der Waals surface area (Å²) >= 11 is 0. The molecule has 1 nitrogen and oxygen atoms in total. The van der Waals surface area contributed by atoms with Crippen LogP contribution in [0.15, 0.2) is 24.3 Å². The topological polar surface area (TPSA) is 9.23 Å². The minimum Gasteiger partial charge on any atom is -0.380 e. The number of unbranched alkanes of at least 4 members (excludes halogenated alkanes) is 2. The lowest BCUT2D eigenvalue weighted by Crippen LogP contribution is -2.13. The molecule has 0 radical (unpaired) electrons. The molecule has 0 aromatic heterocycles. The third-order valence-electron chi connectivity index (χ3n) is 4.82. The lowest BCUT2D eigenvalue weighted by molar-refractivity contribution is 0.185. The van der Waals surface area contributed by atoms with Gasteiger partial charge in [-0.25, -0.2) is 0 Å². The molecule has 0 heterocycles. The second-order valence-corrected chi connectivity index (χ2v) is 6.39. The Bertz CT molecular complexity index is 360. The Kier molecular flexibility index (Phi) is 6.59. The number of hydrogen-bond acceptors (Lipinski definition) is 1. The summed E-state index contributed by atoms with van der Waals surface area (Å²) in [4.78, 5) is 0. The summed E-state index contributed by atoms with van der Waals surface area (Å²) in [7, 11) is 1.76. The second-order valence-electron chi connectivity index (χ2n) is 6.39. The third-order valence-corrected chi connectivity index (χ3v) is 4.82. The Balaban J connectivity index is 1.78. The second kappa shape index (κ2) is 8.46. The maximum Gasteiger partial charge on any atom is 0.0713 e. The molecule has 112 valence electrons. The normalized spacial score (nSPS) is 22.9. The van der Waals surface area contributed by atoms with Gasteiger partial charge in [-0.2, -0.15) is 0 Å². The monoisotopic (exact) mass is 274 g/mol. The van der Waals surface area contributed by atoms with Gasteiger partial charge < -0.3 is 4.74 Å². The Labute approximate surface area is 124 Å². The van der Waals surface area contributed by atoms with Crippen LogP contribution in [0.25, 0.3) is 0 Å². The van der Waals surface area contributed by atoms with Crippen molar-refractivity contribution in [3.63, 3.8) is 0 Å². The quantitative estimate of drug-likeness (QED) is 0.581. The maximum atomic E-state index is 5.17. The summed E-state index contributed by atoms with van der Waals surface area (Å²) in [5.74, 6) is 1.81. The van der Waals surface area contributed by atoms with Crippen LogP contribution in [-0.4, -0.2) is 7.11 Å². The van der Waals surface area contributed by atoms with Crippen LogP contribution in [0.3, 0.4) is 0 Å². The minimum atomic E-state index is 0.727. The minimum absolute atomic E-state index is 0.727. The van der Waals surface area contributed by atoms with Crippen molar-refractivity contribution in [1.82, 2.24) is 0 Å². The van der Waals surface area contributed by atoms with Crippen molar-refractivity contribution in [2.75, 3.05) is 7.11 Å². The summed E-state index contributed by atoms with van der Waals surface area (Å²) in [6.07, 6.45) is 11.3. The zero-order valence-electron chi connectivity index (χ0n) is 13.2. The Morgan fingerprint density at radius 1 is 1.00 bits per heavy atom. The van der Waals surface area contributed by atoms with Crippen molar-refractivity contribution < 1.29 is 4.74 Å². The van der Waals surface area contributed by atoms with Crippen LogP contribution in [-0.2, 0) is 11.3 Å². The number of methoxy groups -OCH3 is 1. The molecular formula is C19H30O. The predicted octanol–water partition coefficient (Wildman–Crippen LogP) is 5.69. The third kappa shape index (κ3) is 4.63. The summed E-state index contributed by atoms with van der Waals surface area (Å²) in [5.41, 5.74) is 2.82. The van der Waals surface area contributed by atoms with Gasteiger partial charge in [0.05, 0.1) is 6.61 Å². The van der Waals surface area contributed by atoms with E-state index in [1.807, 2.05) is 0 Å². The van der Waals surface area contributed by atoms with Crippen LogP contribution in [0.1, 0.15) is 75.3 Å². The van der Waals surface area contributed by atoms with Crippen LogP contribution < -0.4 is 0 Å². The predicted molar refractivity (Wildman–Crippen MR) is 86.0 cm³/mol. The first-order valence-electron chi connectivity index (χ1n) is 8.41. The van der Waals surface area contributed by atoms with Gasteiger partial charge in [0.15, 0.2) is 0 Å². The van der Waals surface area contributed by atoms with E-state index in [1.165, 1.54) is 62.5 Å². The lowest BCUT2D eigenvalue weighted by atomic mass is 9.77. The first kappa shape index (κ1) is 15.6. The molecule has 1 aromatic rings. The highest BCUT2D eigenvalue weighted by atomic mass is 16.5. The van der Waals surface area contributed by atoms with Crippen LogP contribution in [0.4, 0.5) is 0 Å². The van der Waals surface area contributed by atoms with Crippen molar-refractivity contribution in [3.05, 3.63) is 35.4 Å². The fraction of sp³-hybridized carbons (Fsp3) is 0.684. The molecule has 20 heavy (non-hydrogen) atoms. The summed E-state index contributed by atoms with van der Waals surface area (Å²) < 4.78 is 5.17.